The smallest absolute Gasteiger partial charge is 0.230 e. The molecule has 1 amide bonds. The third-order valence-electron chi connectivity index (χ3n) is 4.66. The van der Waals surface area contributed by atoms with Crippen LogP contribution in [0.25, 0.3) is 11.1 Å². The molecule has 0 aliphatic carbocycles. The van der Waals surface area contributed by atoms with E-state index in [9.17, 15) is 9.18 Å². The van der Waals surface area contributed by atoms with E-state index >= 15 is 0 Å². The number of aromatic nitrogens is 1. The largest absolute Gasteiger partial charge is 0.496 e. The lowest BCUT2D eigenvalue weighted by Gasteiger charge is -2.16. The number of carbonyl (C=O) groups is 1. The van der Waals surface area contributed by atoms with Gasteiger partial charge in [0.1, 0.15) is 11.6 Å². The van der Waals surface area contributed by atoms with E-state index in [0.717, 1.165) is 35.2 Å². The molecule has 0 radical (unpaired) electrons. The summed E-state index contributed by atoms with van der Waals surface area (Å²) in [6.07, 6.45) is 2.63. The van der Waals surface area contributed by atoms with Crippen molar-refractivity contribution in [1.29, 1.82) is 0 Å². The zero-order valence-corrected chi connectivity index (χ0v) is 17.5. The van der Waals surface area contributed by atoms with Gasteiger partial charge < -0.3 is 15.4 Å². The number of hydrogen-bond donors (Lipinski definition) is 2. The lowest BCUT2D eigenvalue weighted by Crippen LogP contribution is -2.17. The minimum Gasteiger partial charge on any atom is -0.496 e. The highest BCUT2D eigenvalue weighted by molar-refractivity contribution is 7.13. The number of likely N-dealkylation sites (N-methyl/N-ethyl adjacent to an activating group) is 1. The van der Waals surface area contributed by atoms with Crippen LogP contribution < -0.4 is 15.4 Å². The van der Waals surface area contributed by atoms with Crippen molar-refractivity contribution in [3.05, 3.63) is 64.4 Å². The molecule has 0 unspecified atom stereocenters. The predicted molar refractivity (Wildman–Crippen MR) is 115 cm³/mol. The van der Waals surface area contributed by atoms with Crippen molar-refractivity contribution in [2.45, 2.75) is 19.8 Å². The van der Waals surface area contributed by atoms with Crippen molar-refractivity contribution < 1.29 is 13.9 Å². The Balaban J connectivity index is 1.98. The number of nitrogens with zero attached hydrogens (tertiary/aromatic N) is 1. The van der Waals surface area contributed by atoms with Crippen molar-refractivity contribution in [3.8, 4) is 16.9 Å². The number of anilines is 1. The number of nitrogens with one attached hydrogen (secondary N) is 2. The molecule has 0 saturated heterocycles. The summed E-state index contributed by atoms with van der Waals surface area (Å²) < 4.78 is 19.3. The summed E-state index contributed by atoms with van der Waals surface area (Å²) in [6.45, 7) is 2.51. The fourth-order valence-corrected chi connectivity index (χ4v) is 3.70. The SMILES string of the molecule is CNCCc1cc(OC)c(-c2ccc(F)c(C)c2)cc1CC(=O)Nc1nccs1. The fraction of sp³-hybridized carbons (Fsp3) is 0.273. The summed E-state index contributed by atoms with van der Waals surface area (Å²) in [7, 11) is 3.51. The molecule has 0 fully saturated rings. The number of aryl methyl sites for hydroxylation is 1. The third kappa shape index (κ3) is 5.19. The summed E-state index contributed by atoms with van der Waals surface area (Å²) in [6, 6.07) is 8.91. The topological polar surface area (TPSA) is 63.2 Å². The molecular weight excluding hydrogens is 389 g/mol. The van der Waals surface area contributed by atoms with Gasteiger partial charge in [0, 0.05) is 17.1 Å². The van der Waals surface area contributed by atoms with Gasteiger partial charge in [-0.25, -0.2) is 9.37 Å². The van der Waals surface area contributed by atoms with Crippen LogP contribution in [0.15, 0.2) is 41.9 Å². The molecule has 0 saturated carbocycles. The molecule has 2 N–H and O–H groups in total. The third-order valence-corrected chi connectivity index (χ3v) is 5.35. The maximum absolute atomic E-state index is 13.7. The first-order chi connectivity index (χ1) is 14.0. The Bertz CT molecular complexity index is 990. The van der Waals surface area contributed by atoms with Gasteiger partial charge >= 0.3 is 0 Å². The first kappa shape index (κ1) is 21.0. The number of halogens is 1. The number of methoxy groups -OCH3 is 1. The second-order valence-corrected chi connectivity index (χ2v) is 7.60. The first-order valence-corrected chi connectivity index (χ1v) is 10.2. The first-order valence-electron chi connectivity index (χ1n) is 9.32. The lowest BCUT2D eigenvalue weighted by molar-refractivity contribution is -0.115. The highest BCUT2D eigenvalue weighted by atomic mass is 32.1. The van der Waals surface area contributed by atoms with Gasteiger partial charge in [-0.3, -0.25) is 4.79 Å². The van der Waals surface area contributed by atoms with Crippen LogP contribution in [0.4, 0.5) is 9.52 Å². The molecule has 29 heavy (non-hydrogen) atoms. The number of carbonyl (C=O) groups excluding carboxylic acids is 1. The second kappa shape index (κ2) is 9.62. The van der Waals surface area contributed by atoms with Crippen LogP contribution in [0.3, 0.4) is 0 Å². The summed E-state index contributed by atoms with van der Waals surface area (Å²) in [5.41, 5.74) is 4.19. The Labute approximate surface area is 174 Å². The van der Waals surface area contributed by atoms with Crippen LogP contribution in [0, 0.1) is 12.7 Å². The molecule has 3 rings (SSSR count). The number of ether oxygens (including phenoxy) is 1. The van der Waals surface area contributed by atoms with Gasteiger partial charge in [-0.05, 0) is 73.5 Å². The van der Waals surface area contributed by atoms with E-state index in [4.69, 9.17) is 4.74 Å². The number of benzene rings is 2. The van der Waals surface area contributed by atoms with Gasteiger partial charge in [-0.2, -0.15) is 0 Å². The fourth-order valence-electron chi connectivity index (χ4n) is 3.15. The second-order valence-electron chi connectivity index (χ2n) is 6.70. The van der Waals surface area contributed by atoms with Crippen molar-refractivity contribution in [2.75, 3.05) is 26.0 Å². The van der Waals surface area contributed by atoms with E-state index in [-0.39, 0.29) is 18.1 Å². The molecule has 0 aliphatic rings. The standard InChI is InChI=1S/C22H24FN3O2S/c1-14-10-16(4-5-19(14)23)18-11-17(13-21(27)26-22-25-8-9-29-22)15(6-7-24-2)12-20(18)28-3/h4-5,8-12,24H,6-7,13H2,1-3H3,(H,25,26,27). The normalized spacial score (nSPS) is 10.8. The van der Waals surface area contributed by atoms with Crippen LogP contribution in [-0.2, 0) is 17.6 Å². The van der Waals surface area contributed by atoms with E-state index in [0.29, 0.717) is 16.4 Å². The van der Waals surface area contributed by atoms with E-state index in [1.807, 2.05) is 24.6 Å². The van der Waals surface area contributed by atoms with Gasteiger partial charge in [0.2, 0.25) is 5.91 Å². The van der Waals surface area contributed by atoms with Crippen LogP contribution in [0.1, 0.15) is 16.7 Å². The zero-order chi connectivity index (χ0) is 20.8. The average molecular weight is 414 g/mol. The molecule has 1 aromatic heterocycles. The highest BCUT2D eigenvalue weighted by Crippen LogP contribution is 2.34. The number of rotatable bonds is 8. The van der Waals surface area contributed by atoms with Crippen LogP contribution in [-0.4, -0.2) is 31.6 Å². The van der Waals surface area contributed by atoms with E-state index in [2.05, 4.69) is 15.6 Å². The zero-order valence-electron chi connectivity index (χ0n) is 16.7. The predicted octanol–water partition coefficient (Wildman–Crippen LogP) is 4.21. The maximum atomic E-state index is 13.7. The Morgan fingerprint density at radius 1 is 1.24 bits per heavy atom. The summed E-state index contributed by atoms with van der Waals surface area (Å²) in [5, 5.41) is 8.36. The molecule has 1 heterocycles. The van der Waals surface area contributed by atoms with Crippen LogP contribution in [0.5, 0.6) is 5.75 Å². The van der Waals surface area contributed by atoms with Crippen molar-refractivity contribution in [3.63, 3.8) is 0 Å². The molecule has 152 valence electrons. The van der Waals surface area contributed by atoms with Crippen LogP contribution >= 0.6 is 11.3 Å². The molecule has 3 aromatic rings. The van der Waals surface area contributed by atoms with Gasteiger partial charge in [0.25, 0.3) is 0 Å². The molecule has 0 atom stereocenters. The Kier molecular flexibility index (Phi) is 6.95. The molecule has 2 aromatic carbocycles. The quantitative estimate of drug-likeness (QED) is 0.581. The summed E-state index contributed by atoms with van der Waals surface area (Å²) in [4.78, 5) is 16.7. The summed E-state index contributed by atoms with van der Waals surface area (Å²) >= 11 is 1.38. The van der Waals surface area contributed by atoms with Crippen molar-refractivity contribution in [1.82, 2.24) is 10.3 Å². The molecule has 7 heteroatoms. The van der Waals surface area contributed by atoms with Crippen molar-refractivity contribution >= 4 is 22.4 Å². The summed E-state index contributed by atoms with van der Waals surface area (Å²) in [5.74, 6) is 0.324. The highest BCUT2D eigenvalue weighted by Gasteiger charge is 2.16. The van der Waals surface area contributed by atoms with Crippen LogP contribution in [0.2, 0.25) is 0 Å². The van der Waals surface area contributed by atoms with Gasteiger partial charge in [0.15, 0.2) is 5.13 Å². The molecule has 0 spiro atoms. The monoisotopic (exact) mass is 413 g/mol. The Morgan fingerprint density at radius 2 is 2.07 bits per heavy atom. The Morgan fingerprint density at radius 3 is 2.72 bits per heavy atom. The lowest BCUT2D eigenvalue weighted by atomic mass is 9.93. The van der Waals surface area contributed by atoms with Crippen molar-refractivity contribution in [2.24, 2.45) is 0 Å². The van der Waals surface area contributed by atoms with Gasteiger partial charge in [0.05, 0.1) is 13.5 Å². The maximum Gasteiger partial charge on any atom is 0.230 e. The molecule has 5 nitrogen and oxygen atoms in total. The average Bonchev–Trinajstić information content (AvgIpc) is 3.21. The number of thiazole rings is 1. The minimum absolute atomic E-state index is 0.128. The molecular formula is C22H24FN3O2S. The van der Waals surface area contributed by atoms with E-state index in [1.54, 1.807) is 32.4 Å². The molecule has 0 aliphatic heterocycles. The van der Waals surface area contributed by atoms with Gasteiger partial charge in [-0.15, -0.1) is 11.3 Å². The number of hydrogen-bond acceptors (Lipinski definition) is 5. The Hall–Kier alpha value is -2.77. The number of amides is 1. The minimum atomic E-state index is -0.249. The van der Waals surface area contributed by atoms with Gasteiger partial charge in [-0.1, -0.05) is 6.07 Å². The van der Waals surface area contributed by atoms with E-state index < -0.39 is 0 Å². The van der Waals surface area contributed by atoms with E-state index in [1.165, 1.54) is 17.4 Å². The molecule has 0 bridgehead atoms.